The average Bonchev–Trinajstić information content (AvgIpc) is 2.72. The normalized spacial score (nSPS) is 12.3. The van der Waals surface area contributed by atoms with Crippen LogP contribution in [0.3, 0.4) is 0 Å². The first-order chi connectivity index (χ1) is 9.97. The molecule has 21 heavy (non-hydrogen) atoms. The highest BCUT2D eigenvalue weighted by Crippen LogP contribution is 2.32. The molecule has 1 atom stereocenters. The molecule has 0 saturated carbocycles. The van der Waals surface area contributed by atoms with Crippen molar-refractivity contribution in [3.05, 3.63) is 40.7 Å². The lowest BCUT2D eigenvalue weighted by atomic mass is 9.99. The molecule has 114 valence electrons. The zero-order chi connectivity index (χ0) is 15.6. The third kappa shape index (κ3) is 3.03. The third-order valence-corrected chi connectivity index (χ3v) is 3.85. The van der Waals surface area contributed by atoms with Gasteiger partial charge in [-0.2, -0.15) is 5.10 Å². The highest BCUT2D eigenvalue weighted by molar-refractivity contribution is 5.42. The minimum Gasteiger partial charge on any atom is -0.497 e. The molecular formula is C16H22N2O3. The largest absolute Gasteiger partial charge is 0.497 e. The molecule has 1 unspecified atom stereocenters. The standard InChI is InChI=1S/C16H22N2O3/c1-10-13(11(2)18(3)17-10)9-15(19)14-8-12(20-4)6-7-16(14)21-5/h6-8,15,19H,9H2,1-5H3. The van der Waals surface area contributed by atoms with Gasteiger partial charge in [0.05, 0.1) is 26.0 Å². The number of aryl methyl sites for hydroxylation is 2. The second-order valence-corrected chi connectivity index (χ2v) is 5.10. The van der Waals surface area contributed by atoms with E-state index in [2.05, 4.69) is 5.10 Å². The maximum atomic E-state index is 10.6. The van der Waals surface area contributed by atoms with Gasteiger partial charge in [-0.25, -0.2) is 0 Å². The number of rotatable bonds is 5. The van der Waals surface area contributed by atoms with Crippen molar-refractivity contribution in [2.75, 3.05) is 14.2 Å². The highest BCUT2D eigenvalue weighted by atomic mass is 16.5. The summed E-state index contributed by atoms with van der Waals surface area (Å²) in [5, 5.41) is 15.0. The van der Waals surface area contributed by atoms with Crippen LogP contribution in [0.2, 0.25) is 0 Å². The van der Waals surface area contributed by atoms with E-state index >= 15 is 0 Å². The fraction of sp³-hybridized carbons (Fsp3) is 0.438. The first-order valence-corrected chi connectivity index (χ1v) is 6.87. The van der Waals surface area contributed by atoms with Crippen molar-refractivity contribution in [1.82, 2.24) is 9.78 Å². The van der Waals surface area contributed by atoms with E-state index in [-0.39, 0.29) is 0 Å². The van der Waals surface area contributed by atoms with Gasteiger partial charge >= 0.3 is 0 Å². The Balaban J connectivity index is 2.33. The maximum absolute atomic E-state index is 10.6. The Morgan fingerprint density at radius 1 is 1.24 bits per heavy atom. The summed E-state index contributed by atoms with van der Waals surface area (Å²) in [7, 11) is 5.11. The lowest BCUT2D eigenvalue weighted by molar-refractivity contribution is 0.173. The van der Waals surface area contributed by atoms with Gasteiger partial charge in [0, 0.05) is 24.7 Å². The van der Waals surface area contributed by atoms with Crippen molar-refractivity contribution in [3.63, 3.8) is 0 Å². The van der Waals surface area contributed by atoms with E-state index in [0.717, 1.165) is 22.5 Å². The SMILES string of the molecule is COc1ccc(OC)c(C(O)Cc2c(C)nn(C)c2C)c1. The summed E-state index contributed by atoms with van der Waals surface area (Å²) in [6.45, 7) is 3.96. The number of nitrogens with zero attached hydrogens (tertiary/aromatic N) is 2. The average molecular weight is 290 g/mol. The number of ether oxygens (including phenoxy) is 2. The minimum absolute atomic E-state index is 0.495. The molecule has 0 fully saturated rings. The Morgan fingerprint density at radius 2 is 1.95 bits per heavy atom. The van der Waals surface area contributed by atoms with E-state index in [1.165, 1.54) is 0 Å². The molecule has 1 aromatic carbocycles. The number of aromatic nitrogens is 2. The maximum Gasteiger partial charge on any atom is 0.124 e. The highest BCUT2D eigenvalue weighted by Gasteiger charge is 2.19. The molecule has 5 heteroatoms. The van der Waals surface area contributed by atoms with E-state index in [0.29, 0.717) is 17.9 Å². The minimum atomic E-state index is -0.670. The fourth-order valence-electron chi connectivity index (χ4n) is 2.52. The molecule has 5 nitrogen and oxygen atoms in total. The number of aliphatic hydroxyl groups excluding tert-OH is 1. The molecule has 0 aliphatic rings. The van der Waals surface area contributed by atoms with Crippen molar-refractivity contribution in [2.45, 2.75) is 26.4 Å². The molecule has 1 heterocycles. The number of methoxy groups -OCH3 is 2. The van der Waals surface area contributed by atoms with Crippen molar-refractivity contribution < 1.29 is 14.6 Å². The van der Waals surface area contributed by atoms with E-state index in [9.17, 15) is 5.11 Å². The van der Waals surface area contributed by atoms with Crippen molar-refractivity contribution in [3.8, 4) is 11.5 Å². The van der Waals surface area contributed by atoms with E-state index in [1.54, 1.807) is 20.3 Å². The van der Waals surface area contributed by atoms with Gasteiger partial charge in [0.15, 0.2) is 0 Å². The van der Waals surface area contributed by atoms with Gasteiger partial charge in [0.1, 0.15) is 11.5 Å². The van der Waals surface area contributed by atoms with E-state index in [4.69, 9.17) is 9.47 Å². The summed E-state index contributed by atoms with van der Waals surface area (Å²) in [4.78, 5) is 0. The first kappa shape index (κ1) is 15.4. The molecule has 0 spiro atoms. The van der Waals surface area contributed by atoms with Crippen LogP contribution in [0.4, 0.5) is 0 Å². The molecule has 0 aliphatic carbocycles. The first-order valence-electron chi connectivity index (χ1n) is 6.87. The quantitative estimate of drug-likeness (QED) is 0.918. The van der Waals surface area contributed by atoms with Crippen molar-refractivity contribution >= 4 is 0 Å². The molecule has 0 aliphatic heterocycles. The second-order valence-electron chi connectivity index (χ2n) is 5.10. The molecule has 2 aromatic rings. The number of hydrogen-bond donors (Lipinski definition) is 1. The zero-order valence-electron chi connectivity index (χ0n) is 13.2. The Morgan fingerprint density at radius 3 is 2.48 bits per heavy atom. The molecule has 0 radical (unpaired) electrons. The summed E-state index contributed by atoms with van der Waals surface area (Å²) >= 11 is 0. The van der Waals surface area contributed by atoms with Gasteiger partial charge < -0.3 is 14.6 Å². The second kappa shape index (κ2) is 6.18. The Bertz CT molecular complexity index is 635. The van der Waals surface area contributed by atoms with Gasteiger partial charge in [-0.3, -0.25) is 4.68 Å². The van der Waals surface area contributed by atoms with Crippen molar-refractivity contribution in [2.24, 2.45) is 7.05 Å². The summed E-state index contributed by atoms with van der Waals surface area (Å²) < 4.78 is 12.4. The van der Waals surface area contributed by atoms with Crippen LogP contribution < -0.4 is 9.47 Å². The molecule has 0 amide bonds. The van der Waals surface area contributed by atoms with Crippen LogP contribution in [0.5, 0.6) is 11.5 Å². The summed E-state index contributed by atoms with van der Waals surface area (Å²) in [6.07, 6.45) is -0.175. The van der Waals surface area contributed by atoms with Gasteiger partial charge in [-0.15, -0.1) is 0 Å². The Labute approximate surface area is 125 Å². The number of aliphatic hydroxyl groups is 1. The molecular weight excluding hydrogens is 268 g/mol. The Hall–Kier alpha value is -2.01. The van der Waals surface area contributed by atoms with Crippen LogP contribution in [0.15, 0.2) is 18.2 Å². The van der Waals surface area contributed by atoms with Gasteiger partial charge in [-0.05, 0) is 37.6 Å². The number of hydrogen-bond acceptors (Lipinski definition) is 4. The fourth-order valence-corrected chi connectivity index (χ4v) is 2.52. The predicted octanol–water partition coefficient (Wildman–Crippen LogP) is 2.33. The van der Waals surface area contributed by atoms with Gasteiger partial charge in [0.2, 0.25) is 0 Å². The van der Waals surface area contributed by atoms with Gasteiger partial charge in [-0.1, -0.05) is 0 Å². The predicted molar refractivity (Wildman–Crippen MR) is 80.9 cm³/mol. The van der Waals surface area contributed by atoms with Crippen molar-refractivity contribution in [1.29, 1.82) is 0 Å². The Kier molecular flexibility index (Phi) is 4.53. The monoisotopic (exact) mass is 290 g/mol. The van der Waals surface area contributed by atoms with Crippen LogP contribution in [0.1, 0.15) is 28.6 Å². The zero-order valence-corrected chi connectivity index (χ0v) is 13.2. The topological polar surface area (TPSA) is 56.5 Å². The van der Waals surface area contributed by atoms with E-state index in [1.807, 2.05) is 37.7 Å². The van der Waals surface area contributed by atoms with Crippen LogP contribution in [0.25, 0.3) is 0 Å². The van der Waals surface area contributed by atoms with Crippen LogP contribution in [0, 0.1) is 13.8 Å². The summed E-state index contributed by atoms with van der Waals surface area (Å²) in [5.41, 5.74) is 3.79. The molecule has 0 saturated heterocycles. The molecule has 1 N–H and O–H groups in total. The smallest absolute Gasteiger partial charge is 0.124 e. The molecule has 1 aromatic heterocycles. The van der Waals surface area contributed by atoms with Crippen LogP contribution in [-0.2, 0) is 13.5 Å². The molecule has 2 rings (SSSR count). The lowest BCUT2D eigenvalue weighted by Gasteiger charge is -2.16. The number of benzene rings is 1. The van der Waals surface area contributed by atoms with Crippen LogP contribution >= 0.6 is 0 Å². The van der Waals surface area contributed by atoms with Gasteiger partial charge in [0.25, 0.3) is 0 Å². The summed E-state index contributed by atoms with van der Waals surface area (Å²) in [6, 6.07) is 5.43. The van der Waals surface area contributed by atoms with E-state index < -0.39 is 6.10 Å². The lowest BCUT2D eigenvalue weighted by Crippen LogP contribution is -2.06. The van der Waals surface area contributed by atoms with Crippen LogP contribution in [-0.4, -0.2) is 29.1 Å². The molecule has 0 bridgehead atoms. The third-order valence-electron chi connectivity index (χ3n) is 3.85. The summed E-state index contributed by atoms with van der Waals surface area (Å²) in [5.74, 6) is 1.35.